The summed E-state index contributed by atoms with van der Waals surface area (Å²) >= 11 is 0. The fraction of sp³-hybridized carbons (Fsp3) is 0.412. The molecule has 7 nitrogen and oxygen atoms in total. The van der Waals surface area contributed by atoms with Crippen LogP contribution in [0.5, 0.6) is 0 Å². The molecule has 0 aliphatic carbocycles. The molecule has 0 amide bonds. The molecule has 3 N–H and O–H groups in total. The van der Waals surface area contributed by atoms with Crippen molar-refractivity contribution in [1.29, 1.82) is 0 Å². The number of aromatic carboxylic acids is 1. The molecule has 0 unspecified atom stereocenters. The molecule has 1 aromatic heterocycles. The lowest BCUT2D eigenvalue weighted by Gasteiger charge is -2.32. The topological polar surface area (TPSA) is 97.8 Å². The van der Waals surface area contributed by atoms with Crippen LogP contribution in [0.15, 0.2) is 23.1 Å². The smallest absolute Gasteiger partial charge is 0.341 e. The Morgan fingerprint density at radius 3 is 2.65 bits per heavy atom. The maximum atomic E-state index is 14.7. The highest BCUT2D eigenvalue weighted by atomic mass is 19.1. The van der Waals surface area contributed by atoms with Gasteiger partial charge in [-0.05, 0) is 31.7 Å². The van der Waals surface area contributed by atoms with Crippen LogP contribution in [0, 0.1) is 5.82 Å². The molecule has 9 heteroatoms. The van der Waals surface area contributed by atoms with Crippen LogP contribution in [0.2, 0.25) is 12.6 Å². The first-order valence-corrected chi connectivity index (χ1v) is 8.62. The second kappa shape index (κ2) is 7.47. The van der Waals surface area contributed by atoms with Gasteiger partial charge in [0.1, 0.15) is 11.4 Å². The zero-order valence-electron chi connectivity index (χ0n) is 14.6. The largest absolute Gasteiger partial charge is 0.477 e. The summed E-state index contributed by atoms with van der Waals surface area (Å²) in [5.41, 5.74) is 5.31. The lowest BCUT2D eigenvalue weighted by molar-refractivity contribution is 0.0695. The predicted molar refractivity (Wildman–Crippen MR) is 98.5 cm³/mol. The van der Waals surface area contributed by atoms with E-state index in [4.69, 9.17) is 10.4 Å². The SMILES string of the molecule is CCn1cc(C(=O)O)c(=O)c2cc(F)c(N3CCB(OCN)CC3)cc21. The van der Waals surface area contributed by atoms with Gasteiger partial charge >= 0.3 is 5.97 Å². The van der Waals surface area contributed by atoms with E-state index in [9.17, 15) is 19.1 Å². The maximum Gasteiger partial charge on any atom is 0.341 e. The monoisotopic (exact) mass is 361 g/mol. The number of carboxylic acid groups (broad SMARTS) is 1. The number of fused-ring (bicyclic) bond motifs is 1. The number of anilines is 1. The Morgan fingerprint density at radius 2 is 2.08 bits per heavy atom. The van der Waals surface area contributed by atoms with E-state index >= 15 is 0 Å². The first-order chi connectivity index (χ1) is 12.5. The lowest BCUT2D eigenvalue weighted by atomic mass is 9.59. The first kappa shape index (κ1) is 18.4. The van der Waals surface area contributed by atoms with Crippen molar-refractivity contribution in [3.63, 3.8) is 0 Å². The second-order valence-electron chi connectivity index (χ2n) is 6.30. The van der Waals surface area contributed by atoms with E-state index in [0.717, 1.165) is 18.7 Å². The van der Waals surface area contributed by atoms with Crippen LogP contribution in [0.1, 0.15) is 17.3 Å². The van der Waals surface area contributed by atoms with E-state index in [0.29, 0.717) is 30.8 Å². The second-order valence-corrected chi connectivity index (χ2v) is 6.30. The minimum Gasteiger partial charge on any atom is -0.477 e. The zero-order chi connectivity index (χ0) is 18.8. The Morgan fingerprint density at radius 1 is 1.38 bits per heavy atom. The van der Waals surface area contributed by atoms with E-state index < -0.39 is 17.2 Å². The molecule has 0 atom stereocenters. The Balaban J connectivity index is 2.04. The first-order valence-electron chi connectivity index (χ1n) is 8.62. The van der Waals surface area contributed by atoms with Crippen LogP contribution >= 0.6 is 0 Å². The van der Waals surface area contributed by atoms with Crippen molar-refractivity contribution in [2.45, 2.75) is 26.1 Å². The standard InChI is InChI=1S/C17H21BFN3O4/c1-2-21-9-12(17(24)25)16(23)11-7-13(19)15(8-14(11)21)22-5-3-18(4-6-22)26-10-20/h7-9H,2-6,10,20H2,1H3,(H,24,25). The number of hydrogen-bond acceptors (Lipinski definition) is 5. The van der Waals surface area contributed by atoms with Crippen LogP contribution in [0.25, 0.3) is 10.9 Å². The molecule has 2 aromatic rings. The van der Waals surface area contributed by atoms with Crippen molar-refractivity contribution >= 4 is 29.5 Å². The number of carboxylic acids is 1. The lowest BCUT2D eigenvalue weighted by Crippen LogP contribution is -2.39. The average molecular weight is 361 g/mol. The molecule has 2 heterocycles. The Labute approximate surface area is 150 Å². The highest BCUT2D eigenvalue weighted by molar-refractivity contribution is 6.52. The summed E-state index contributed by atoms with van der Waals surface area (Å²) in [5.74, 6) is -1.84. The fourth-order valence-corrected chi connectivity index (χ4v) is 3.46. The van der Waals surface area contributed by atoms with Gasteiger partial charge in [0.15, 0.2) is 0 Å². The average Bonchev–Trinajstić information content (AvgIpc) is 2.63. The third kappa shape index (κ3) is 3.32. The number of aromatic nitrogens is 1. The van der Waals surface area contributed by atoms with Gasteiger partial charge in [-0.3, -0.25) is 4.79 Å². The molecule has 1 saturated heterocycles. The summed E-state index contributed by atoms with van der Waals surface area (Å²) < 4.78 is 21.8. The third-order valence-electron chi connectivity index (χ3n) is 4.83. The maximum absolute atomic E-state index is 14.7. The number of benzene rings is 1. The molecule has 1 aliphatic rings. The van der Waals surface area contributed by atoms with Crippen molar-refractivity contribution < 1.29 is 18.9 Å². The van der Waals surface area contributed by atoms with E-state index in [1.165, 1.54) is 6.20 Å². The zero-order valence-corrected chi connectivity index (χ0v) is 14.6. The van der Waals surface area contributed by atoms with Gasteiger partial charge in [0.05, 0.1) is 17.9 Å². The van der Waals surface area contributed by atoms with Crippen LogP contribution in [0.3, 0.4) is 0 Å². The summed E-state index contributed by atoms with van der Waals surface area (Å²) in [7, 11) is 0. The summed E-state index contributed by atoms with van der Waals surface area (Å²) in [4.78, 5) is 25.6. The predicted octanol–water partition coefficient (Wildman–Crippen LogP) is 1.60. The van der Waals surface area contributed by atoms with Crippen LogP contribution in [-0.2, 0) is 11.2 Å². The molecular weight excluding hydrogens is 340 g/mol. The number of halogens is 1. The molecule has 138 valence electrons. The summed E-state index contributed by atoms with van der Waals surface area (Å²) in [5, 5.41) is 9.28. The van der Waals surface area contributed by atoms with Crippen LogP contribution in [0.4, 0.5) is 10.1 Å². The molecule has 1 aliphatic heterocycles. The number of nitrogens with zero attached hydrogens (tertiary/aromatic N) is 2. The molecule has 26 heavy (non-hydrogen) atoms. The Bertz CT molecular complexity index is 894. The quantitative estimate of drug-likeness (QED) is 0.620. The Kier molecular flexibility index (Phi) is 5.29. The molecular formula is C17H21BFN3O4. The molecule has 0 spiro atoms. The van der Waals surface area contributed by atoms with Crippen molar-refractivity contribution in [2.24, 2.45) is 5.73 Å². The van der Waals surface area contributed by atoms with Crippen LogP contribution in [-0.4, -0.2) is 42.4 Å². The summed E-state index contributed by atoms with van der Waals surface area (Å²) in [6.45, 7) is 3.80. The number of nitrogens with two attached hydrogens (primary N) is 1. The van der Waals surface area contributed by atoms with Gasteiger partial charge in [-0.2, -0.15) is 0 Å². The fourth-order valence-electron chi connectivity index (χ4n) is 3.46. The number of pyridine rings is 1. The minimum atomic E-state index is -1.31. The number of hydrogen-bond donors (Lipinski definition) is 2. The highest BCUT2D eigenvalue weighted by Crippen LogP contribution is 2.28. The third-order valence-corrected chi connectivity index (χ3v) is 4.83. The van der Waals surface area contributed by atoms with E-state index in [1.54, 1.807) is 10.6 Å². The highest BCUT2D eigenvalue weighted by Gasteiger charge is 2.26. The number of rotatable bonds is 5. The molecule has 0 radical (unpaired) electrons. The minimum absolute atomic E-state index is 0.0757. The summed E-state index contributed by atoms with van der Waals surface area (Å²) in [6.07, 6.45) is 2.80. The molecule has 3 rings (SSSR count). The van der Waals surface area contributed by atoms with Gasteiger partial charge in [0, 0.05) is 31.2 Å². The number of aryl methyl sites for hydroxylation is 1. The van der Waals surface area contributed by atoms with Crippen molar-refractivity contribution in [1.82, 2.24) is 4.57 Å². The normalized spacial score (nSPS) is 14.9. The van der Waals surface area contributed by atoms with Crippen LogP contribution < -0.4 is 16.1 Å². The molecule has 1 aromatic carbocycles. The Hall–Kier alpha value is -2.39. The van der Waals surface area contributed by atoms with Gasteiger partial charge in [-0.1, -0.05) is 0 Å². The van der Waals surface area contributed by atoms with E-state index in [1.807, 2.05) is 11.8 Å². The molecule has 1 fully saturated rings. The van der Waals surface area contributed by atoms with Gasteiger partial charge in [0.25, 0.3) is 6.92 Å². The number of carbonyl (C=O) groups is 1. The van der Waals surface area contributed by atoms with Gasteiger partial charge in [0.2, 0.25) is 5.43 Å². The molecule has 0 saturated carbocycles. The van der Waals surface area contributed by atoms with Gasteiger partial charge in [-0.15, -0.1) is 0 Å². The van der Waals surface area contributed by atoms with E-state index in [2.05, 4.69) is 0 Å². The van der Waals surface area contributed by atoms with Gasteiger partial charge in [-0.25, -0.2) is 9.18 Å². The van der Waals surface area contributed by atoms with Crippen molar-refractivity contribution in [2.75, 3.05) is 24.7 Å². The molecule has 0 bridgehead atoms. The summed E-state index contributed by atoms with van der Waals surface area (Å²) in [6, 6.07) is 2.78. The van der Waals surface area contributed by atoms with Crippen molar-refractivity contribution in [3.8, 4) is 0 Å². The van der Waals surface area contributed by atoms with Gasteiger partial charge < -0.3 is 25.0 Å². The van der Waals surface area contributed by atoms with E-state index in [-0.39, 0.29) is 24.6 Å². The van der Waals surface area contributed by atoms with Crippen molar-refractivity contribution in [3.05, 3.63) is 39.9 Å².